The van der Waals surface area contributed by atoms with E-state index in [1.807, 2.05) is 0 Å². The van der Waals surface area contributed by atoms with Gasteiger partial charge in [0.15, 0.2) is 0 Å². The van der Waals surface area contributed by atoms with Crippen LogP contribution in [0.5, 0.6) is 0 Å². The zero-order chi connectivity index (χ0) is 15.3. The highest BCUT2D eigenvalue weighted by molar-refractivity contribution is 4.88. The van der Waals surface area contributed by atoms with Gasteiger partial charge in [0.2, 0.25) is 0 Å². The van der Waals surface area contributed by atoms with Crippen molar-refractivity contribution in [3.8, 4) is 0 Å². The van der Waals surface area contributed by atoms with E-state index >= 15 is 0 Å². The first-order valence-corrected chi connectivity index (χ1v) is 10.3. The van der Waals surface area contributed by atoms with Gasteiger partial charge in [-0.25, -0.2) is 0 Å². The minimum Gasteiger partial charge on any atom is -0.0885 e. The molecule has 0 saturated heterocycles. The van der Waals surface area contributed by atoms with Crippen molar-refractivity contribution in [1.29, 1.82) is 0 Å². The van der Waals surface area contributed by atoms with Gasteiger partial charge < -0.3 is 0 Å². The van der Waals surface area contributed by atoms with Gasteiger partial charge in [-0.1, -0.05) is 69.2 Å². The van der Waals surface area contributed by atoms with Crippen molar-refractivity contribution in [1.82, 2.24) is 0 Å². The van der Waals surface area contributed by atoms with Crippen LogP contribution in [-0.4, -0.2) is 0 Å². The summed E-state index contributed by atoms with van der Waals surface area (Å²) in [6.45, 7) is 0. The molecular formula is C22H38. The average Bonchev–Trinajstić information content (AvgIpc) is 2.64. The standard InChI is InChI=1S/C22H38/c1-2-6-10-14-18-21(17-13-9-5-1)22-19-15-11-7-3-4-8-12-16-20-22/h1,5,11,15,21-22H,2-4,6-10,12-14,16-20H2/b5-1+,15-11-. The van der Waals surface area contributed by atoms with Crippen LogP contribution in [0.1, 0.15) is 103 Å². The summed E-state index contributed by atoms with van der Waals surface area (Å²) >= 11 is 0. The maximum absolute atomic E-state index is 2.53. The first kappa shape index (κ1) is 17.8. The Morgan fingerprint density at radius 2 is 0.909 bits per heavy atom. The molecule has 126 valence electrons. The van der Waals surface area contributed by atoms with Gasteiger partial charge in [0.05, 0.1) is 0 Å². The summed E-state index contributed by atoms with van der Waals surface area (Å²) in [5.41, 5.74) is 0. The molecule has 0 aromatic rings. The number of hydrogen-bond acceptors (Lipinski definition) is 0. The van der Waals surface area contributed by atoms with E-state index in [1.165, 1.54) is 103 Å². The Balaban J connectivity index is 1.89. The predicted octanol–water partition coefficient (Wildman–Crippen LogP) is 7.60. The summed E-state index contributed by atoms with van der Waals surface area (Å²) < 4.78 is 0. The van der Waals surface area contributed by atoms with Crippen molar-refractivity contribution in [2.45, 2.75) is 103 Å². The molecular weight excluding hydrogens is 264 g/mol. The van der Waals surface area contributed by atoms with E-state index in [-0.39, 0.29) is 0 Å². The Hall–Kier alpha value is -0.520. The molecule has 0 saturated carbocycles. The fourth-order valence-electron chi connectivity index (χ4n) is 4.33. The minimum atomic E-state index is 0.971. The SMILES string of the molecule is C1=C\CC(C2CCC/C=C/CCCCC2)CCCCCCC/1. The molecule has 22 heavy (non-hydrogen) atoms. The maximum atomic E-state index is 2.53. The Labute approximate surface area is 139 Å². The van der Waals surface area contributed by atoms with E-state index in [0.29, 0.717) is 0 Å². The van der Waals surface area contributed by atoms with Gasteiger partial charge in [-0.05, 0) is 69.6 Å². The summed E-state index contributed by atoms with van der Waals surface area (Å²) in [5.74, 6) is 1.97. The van der Waals surface area contributed by atoms with Crippen molar-refractivity contribution in [3.63, 3.8) is 0 Å². The fraction of sp³-hybridized carbons (Fsp3) is 0.818. The molecule has 0 aliphatic heterocycles. The van der Waals surface area contributed by atoms with Crippen LogP contribution >= 0.6 is 0 Å². The molecule has 0 heteroatoms. The van der Waals surface area contributed by atoms with Gasteiger partial charge >= 0.3 is 0 Å². The van der Waals surface area contributed by atoms with E-state index in [2.05, 4.69) is 24.3 Å². The highest BCUT2D eigenvalue weighted by Crippen LogP contribution is 2.32. The van der Waals surface area contributed by atoms with E-state index in [9.17, 15) is 0 Å². The second-order valence-corrected chi connectivity index (χ2v) is 7.61. The monoisotopic (exact) mass is 302 g/mol. The average molecular weight is 303 g/mol. The maximum Gasteiger partial charge on any atom is -0.0320 e. The summed E-state index contributed by atoms with van der Waals surface area (Å²) in [7, 11) is 0. The zero-order valence-electron chi connectivity index (χ0n) is 14.8. The van der Waals surface area contributed by atoms with Crippen molar-refractivity contribution in [2.24, 2.45) is 11.8 Å². The van der Waals surface area contributed by atoms with Crippen LogP contribution in [0, 0.1) is 11.8 Å². The van der Waals surface area contributed by atoms with Crippen molar-refractivity contribution in [3.05, 3.63) is 24.3 Å². The van der Waals surface area contributed by atoms with Gasteiger partial charge in [-0.3, -0.25) is 0 Å². The highest BCUT2D eigenvalue weighted by Gasteiger charge is 2.20. The lowest BCUT2D eigenvalue weighted by Gasteiger charge is -2.27. The molecule has 0 aromatic carbocycles. The van der Waals surface area contributed by atoms with Gasteiger partial charge in [0, 0.05) is 0 Å². The van der Waals surface area contributed by atoms with Crippen LogP contribution in [0.25, 0.3) is 0 Å². The molecule has 0 nitrogen and oxygen atoms in total. The van der Waals surface area contributed by atoms with Crippen molar-refractivity contribution < 1.29 is 0 Å². The van der Waals surface area contributed by atoms with E-state index in [4.69, 9.17) is 0 Å². The van der Waals surface area contributed by atoms with Crippen molar-refractivity contribution >= 4 is 0 Å². The lowest BCUT2D eigenvalue weighted by molar-refractivity contribution is 0.261. The van der Waals surface area contributed by atoms with E-state index in [1.54, 1.807) is 0 Å². The third-order valence-electron chi connectivity index (χ3n) is 5.78. The van der Waals surface area contributed by atoms with E-state index < -0.39 is 0 Å². The van der Waals surface area contributed by atoms with Crippen LogP contribution in [0.3, 0.4) is 0 Å². The molecule has 2 rings (SSSR count). The minimum absolute atomic E-state index is 0.971. The Morgan fingerprint density at radius 3 is 1.73 bits per heavy atom. The lowest BCUT2D eigenvalue weighted by Crippen LogP contribution is -2.15. The smallest absolute Gasteiger partial charge is 0.0320 e. The predicted molar refractivity (Wildman–Crippen MR) is 99.1 cm³/mol. The molecule has 2 aliphatic rings. The van der Waals surface area contributed by atoms with Crippen LogP contribution < -0.4 is 0 Å². The first-order valence-electron chi connectivity index (χ1n) is 10.3. The molecule has 2 unspecified atom stereocenters. The second-order valence-electron chi connectivity index (χ2n) is 7.61. The Kier molecular flexibility index (Phi) is 9.70. The topological polar surface area (TPSA) is 0 Å². The van der Waals surface area contributed by atoms with Gasteiger partial charge in [0.25, 0.3) is 0 Å². The molecule has 2 aliphatic carbocycles. The van der Waals surface area contributed by atoms with Gasteiger partial charge in [0.1, 0.15) is 0 Å². The third kappa shape index (κ3) is 7.65. The molecule has 0 N–H and O–H groups in total. The second kappa shape index (κ2) is 12.0. The molecule has 0 fully saturated rings. The van der Waals surface area contributed by atoms with Crippen molar-refractivity contribution in [2.75, 3.05) is 0 Å². The number of allylic oxidation sites excluding steroid dienone is 4. The normalized spacial score (nSPS) is 33.1. The summed E-state index contributed by atoms with van der Waals surface area (Å²) in [4.78, 5) is 0. The molecule has 0 heterocycles. The largest absolute Gasteiger partial charge is 0.0885 e. The van der Waals surface area contributed by atoms with Crippen LogP contribution in [0.2, 0.25) is 0 Å². The highest BCUT2D eigenvalue weighted by atomic mass is 14.3. The van der Waals surface area contributed by atoms with Crippen LogP contribution in [0.4, 0.5) is 0 Å². The molecule has 2 atom stereocenters. The summed E-state index contributed by atoms with van der Waals surface area (Å²) in [5, 5.41) is 0. The van der Waals surface area contributed by atoms with Crippen LogP contribution in [-0.2, 0) is 0 Å². The Morgan fingerprint density at radius 1 is 0.409 bits per heavy atom. The number of rotatable bonds is 1. The molecule has 0 amide bonds. The van der Waals surface area contributed by atoms with Gasteiger partial charge in [-0.15, -0.1) is 0 Å². The molecule has 0 aromatic heterocycles. The summed E-state index contributed by atoms with van der Waals surface area (Å²) in [6.07, 6.45) is 32.7. The lowest BCUT2D eigenvalue weighted by atomic mass is 9.79. The quantitative estimate of drug-likeness (QED) is 0.437. The fourth-order valence-corrected chi connectivity index (χ4v) is 4.33. The van der Waals surface area contributed by atoms with Gasteiger partial charge in [-0.2, -0.15) is 0 Å². The first-order chi connectivity index (χ1) is 11.0. The van der Waals surface area contributed by atoms with E-state index in [0.717, 1.165) is 11.8 Å². The summed E-state index contributed by atoms with van der Waals surface area (Å²) in [6, 6.07) is 0. The molecule has 0 spiro atoms. The third-order valence-corrected chi connectivity index (χ3v) is 5.78. The number of hydrogen-bond donors (Lipinski definition) is 0. The Bertz CT molecular complexity index is 312. The molecule has 0 bridgehead atoms. The zero-order valence-corrected chi connectivity index (χ0v) is 14.8. The molecule has 0 radical (unpaired) electrons. The van der Waals surface area contributed by atoms with Crippen LogP contribution in [0.15, 0.2) is 24.3 Å².